The molecular weight excluding hydrogens is 351 g/mol. The summed E-state index contributed by atoms with van der Waals surface area (Å²) < 4.78 is 29.5. The predicted octanol–water partition coefficient (Wildman–Crippen LogP) is 3.64. The van der Waals surface area contributed by atoms with Gasteiger partial charge in [0.25, 0.3) is 5.91 Å². The van der Waals surface area contributed by atoms with Crippen molar-refractivity contribution in [2.75, 3.05) is 27.3 Å². The summed E-state index contributed by atoms with van der Waals surface area (Å²) in [4.78, 5) is 13.9. The maximum absolute atomic E-state index is 13.5. The molecule has 1 heterocycles. The monoisotopic (exact) mass is 370 g/mol. The Kier molecular flexibility index (Phi) is 5.71. The number of methoxy groups -OCH3 is 1. The van der Waals surface area contributed by atoms with E-state index in [2.05, 4.69) is 5.16 Å². The van der Waals surface area contributed by atoms with Gasteiger partial charge in [0.15, 0.2) is 23.0 Å². The highest BCUT2D eigenvalue weighted by molar-refractivity contribution is 5.93. The molecule has 0 atom stereocenters. The molecule has 7 heteroatoms. The number of rotatable bonds is 7. The van der Waals surface area contributed by atoms with Gasteiger partial charge in [0.2, 0.25) is 0 Å². The molecule has 0 aliphatic carbocycles. The summed E-state index contributed by atoms with van der Waals surface area (Å²) in [6.45, 7) is 0.421. The summed E-state index contributed by atoms with van der Waals surface area (Å²) in [5.74, 6) is 0.450. The largest absolute Gasteiger partial charge is 0.496 e. The highest BCUT2D eigenvalue weighted by Crippen LogP contribution is 2.30. The molecule has 0 saturated heterocycles. The second-order valence-corrected chi connectivity index (χ2v) is 5.78. The number of para-hydroxylation sites is 2. The van der Waals surface area contributed by atoms with Crippen molar-refractivity contribution in [1.29, 1.82) is 0 Å². The Balaban J connectivity index is 1.62. The van der Waals surface area contributed by atoms with Gasteiger partial charge in [-0.15, -0.1) is 0 Å². The minimum atomic E-state index is -0.440. The number of hydrogen-bond donors (Lipinski definition) is 0. The summed E-state index contributed by atoms with van der Waals surface area (Å²) in [5.41, 5.74) is 0.876. The Hall–Kier alpha value is -3.35. The molecule has 0 N–H and O–H groups in total. The quantitative estimate of drug-likeness (QED) is 0.635. The Morgan fingerprint density at radius 3 is 2.59 bits per heavy atom. The van der Waals surface area contributed by atoms with Crippen LogP contribution in [0.2, 0.25) is 0 Å². The molecule has 1 amide bonds. The minimum absolute atomic E-state index is 0.151. The number of halogens is 1. The number of ether oxygens (including phenoxy) is 2. The number of hydrogen-bond acceptors (Lipinski definition) is 5. The van der Waals surface area contributed by atoms with Crippen LogP contribution in [-0.2, 0) is 0 Å². The van der Waals surface area contributed by atoms with Crippen LogP contribution in [0.25, 0.3) is 11.3 Å². The van der Waals surface area contributed by atoms with Crippen LogP contribution >= 0.6 is 0 Å². The highest BCUT2D eigenvalue weighted by Gasteiger charge is 2.19. The lowest BCUT2D eigenvalue weighted by Crippen LogP contribution is -2.31. The molecule has 0 radical (unpaired) electrons. The first-order chi connectivity index (χ1) is 13.1. The van der Waals surface area contributed by atoms with E-state index in [1.807, 2.05) is 18.2 Å². The first kappa shape index (κ1) is 18.4. The van der Waals surface area contributed by atoms with E-state index in [0.29, 0.717) is 17.1 Å². The van der Waals surface area contributed by atoms with E-state index < -0.39 is 5.82 Å². The number of aromatic nitrogens is 1. The van der Waals surface area contributed by atoms with Crippen molar-refractivity contribution in [3.8, 4) is 22.8 Å². The van der Waals surface area contributed by atoms with Gasteiger partial charge in [0, 0.05) is 13.1 Å². The molecule has 0 aliphatic rings. The Bertz CT molecular complexity index is 926. The maximum Gasteiger partial charge on any atom is 0.275 e. The van der Waals surface area contributed by atoms with Gasteiger partial charge in [-0.2, -0.15) is 0 Å². The van der Waals surface area contributed by atoms with E-state index in [4.69, 9.17) is 14.0 Å². The van der Waals surface area contributed by atoms with Gasteiger partial charge in [-0.05, 0) is 24.3 Å². The van der Waals surface area contributed by atoms with E-state index in [-0.39, 0.29) is 30.5 Å². The number of nitrogens with zero attached hydrogens (tertiary/aromatic N) is 2. The topological polar surface area (TPSA) is 64.8 Å². The molecule has 0 spiro atoms. The van der Waals surface area contributed by atoms with Gasteiger partial charge < -0.3 is 18.9 Å². The third-order valence-corrected chi connectivity index (χ3v) is 3.97. The number of carbonyl (C=O) groups excluding carboxylic acids is 1. The molecule has 3 rings (SSSR count). The van der Waals surface area contributed by atoms with Crippen LogP contribution in [0.3, 0.4) is 0 Å². The molecule has 6 nitrogen and oxygen atoms in total. The smallest absolute Gasteiger partial charge is 0.275 e. The van der Waals surface area contributed by atoms with Gasteiger partial charge in [0.05, 0.1) is 19.2 Å². The number of likely N-dealkylation sites (N-methyl/N-ethyl adjacent to an activating group) is 1. The van der Waals surface area contributed by atoms with Crippen molar-refractivity contribution >= 4 is 5.91 Å². The lowest BCUT2D eigenvalue weighted by atomic mass is 10.1. The van der Waals surface area contributed by atoms with E-state index in [1.54, 1.807) is 38.4 Å². The molecule has 140 valence electrons. The summed E-state index contributed by atoms with van der Waals surface area (Å²) in [6.07, 6.45) is 0. The van der Waals surface area contributed by atoms with E-state index >= 15 is 0 Å². The number of benzene rings is 2. The zero-order valence-corrected chi connectivity index (χ0v) is 15.0. The number of amides is 1. The molecular formula is C20H19FN2O4. The van der Waals surface area contributed by atoms with Crippen LogP contribution in [0, 0.1) is 5.82 Å². The fourth-order valence-electron chi connectivity index (χ4n) is 2.50. The summed E-state index contributed by atoms with van der Waals surface area (Å²) in [7, 11) is 3.18. The predicted molar refractivity (Wildman–Crippen MR) is 97.3 cm³/mol. The number of carbonyl (C=O) groups is 1. The van der Waals surface area contributed by atoms with E-state index in [9.17, 15) is 9.18 Å². The second-order valence-electron chi connectivity index (χ2n) is 5.78. The highest BCUT2D eigenvalue weighted by atomic mass is 19.1. The molecule has 0 aliphatic heterocycles. The molecule has 3 aromatic rings. The third kappa shape index (κ3) is 4.25. The van der Waals surface area contributed by atoms with Crippen LogP contribution in [0.5, 0.6) is 11.5 Å². The molecule has 0 bridgehead atoms. The van der Waals surface area contributed by atoms with Crippen LogP contribution in [-0.4, -0.2) is 43.3 Å². The fraction of sp³-hybridized carbons (Fsp3) is 0.200. The van der Waals surface area contributed by atoms with Crippen LogP contribution in [0.4, 0.5) is 4.39 Å². The molecule has 27 heavy (non-hydrogen) atoms. The van der Waals surface area contributed by atoms with Crippen molar-refractivity contribution in [1.82, 2.24) is 10.1 Å². The standard InChI is InChI=1S/C20H19FN2O4/c1-23(11-12-26-18-10-6-4-8-15(18)21)20(24)16-13-19(27-22-16)14-7-3-5-9-17(14)25-2/h3-10,13H,11-12H2,1-2H3. The second kappa shape index (κ2) is 8.35. The van der Waals surface area contributed by atoms with Gasteiger partial charge in [-0.3, -0.25) is 4.79 Å². The molecule has 2 aromatic carbocycles. The summed E-state index contributed by atoms with van der Waals surface area (Å²) in [5, 5.41) is 3.85. The molecule has 0 fully saturated rings. The van der Waals surface area contributed by atoms with Crippen molar-refractivity contribution in [3.63, 3.8) is 0 Å². The van der Waals surface area contributed by atoms with E-state index in [0.717, 1.165) is 0 Å². The van der Waals surface area contributed by atoms with Crippen LogP contribution < -0.4 is 9.47 Å². The van der Waals surface area contributed by atoms with Crippen LogP contribution in [0.1, 0.15) is 10.5 Å². The SMILES string of the molecule is COc1ccccc1-c1cc(C(=O)N(C)CCOc2ccccc2F)no1. The van der Waals surface area contributed by atoms with Gasteiger partial charge >= 0.3 is 0 Å². The van der Waals surface area contributed by atoms with E-state index in [1.165, 1.54) is 17.0 Å². The van der Waals surface area contributed by atoms with Gasteiger partial charge in [-0.1, -0.05) is 29.4 Å². The van der Waals surface area contributed by atoms with Crippen molar-refractivity contribution in [2.24, 2.45) is 0 Å². The molecule has 0 unspecified atom stereocenters. The third-order valence-electron chi connectivity index (χ3n) is 3.97. The van der Waals surface area contributed by atoms with Gasteiger partial charge in [-0.25, -0.2) is 4.39 Å². The van der Waals surface area contributed by atoms with Crippen molar-refractivity contribution in [3.05, 3.63) is 66.1 Å². The first-order valence-corrected chi connectivity index (χ1v) is 8.33. The van der Waals surface area contributed by atoms with Crippen molar-refractivity contribution < 1.29 is 23.2 Å². The summed E-state index contributed by atoms with van der Waals surface area (Å²) in [6, 6.07) is 15.0. The maximum atomic E-state index is 13.5. The zero-order valence-electron chi connectivity index (χ0n) is 15.0. The Labute approximate surface area is 156 Å². The lowest BCUT2D eigenvalue weighted by Gasteiger charge is -2.16. The normalized spacial score (nSPS) is 10.5. The fourth-order valence-corrected chi connectivity index (χ4v) is 2.50. The molecule has 0 saturated carbocycles. The average molecular weight is 370 g/mol. The summed E-state index contributed by atoms with van der Waals surface area (Å²) >= 11 is 0. The van der Waals surface area contributed by atoms with Gasteiger partial charge in [0.1, 0.15) is 12.4 Å². The average Bonchev–Trinajstić information content (AvgIpc) is 3.18. The minimum Gasteiger partial charge on any atom is -0.496 e. The molecule has 1 aromatic heterocycles. The Morgan fingerprint density at radius 1 is 1.15 bits per heavy atom. The lowest BCUT2D eigenvalue weighted by molar-refractivity contribution is 0.0762. The van der Waals surface area contributed by atoms with Crippen LogP contribution in [0.15, 0.2) is 59.1 Å². The van der Waals surface area contributed by atoms with Crippen molar-refractivity contribution in [2.45, 2.75) is 0 Å². The zero-order chi connectivity index (χ0) is 19.2. The first-order valence-electron chi connectivity index (χ1n) is 8.33. The Morgan fingerprint density at radius 2 is 1.85 bits per heavy atom.